The fraction of sp³-hybridized carbons (Fsp3) is 0.470. The number of aryl methyl sites for hydroxylation is 7. The minimum absolute atomic E-state index is 0.135. The lowest BCUT2D eigenvalue weighted by molar-refractivity contribution is -0.122. The van der Waals surface area contributed by atoms with Crippen molar-refractivity contribution in [2.24, 2.45) is 23.5 Å². The average Bonchev–Trinajstić information content (AvgIpc) is 1.60. The van der Waals surface area contributed by atoms with Crippen molar-refractivity contribution in [1.82, 2.24) is 78.0 Å². The van der Waals surface area contributed by atoms with Crippen LogP contribution in [-0.4, -0.2) is 219 Å². The molecule has 7 atom stereocenters. The van der Waals surface area contributed by atoms with Crippen molar-refractivity contribution >= 4 is 150 Å². The van der Waals surface area contributed by atoms with Crippen LogP contribution in [0.5, 0.6) is 0 Å². The third-order valence-corrected chi connectivity index (χ3v) is 30.7. The summed E-state index contributed by atoms with van der Waals surface area (Å²) in [6.45, 7) is 23.5. The van der Waals surface area contributed by atoms with Gasteiger partial charge in [0.1, 0.15) is 11.6 Å². The number of carbonyl (C=O) groups excluding carboxylic acids is 5. The molecule has 754 valence electrons. The Kier molecular flexibility index (Phi) is 29.2. The molecule has 20 rings (SSSR count). The van der Waals surface area contributed by atoms with Gasteiger partial charge in [-0.05, 0) is 253 Å². The average molecular weight is 2050 g/mol. The number of fused-ring (bicyclic) bond motifs is 4. The number of carbonyl (C=O) groups is 5. The first-order chi connectivity index (χ1) is 67.3. The number of nitrogens with two attached hydrogens (primary N) is 1. The Balaban J connectivity index is 0.000000130. The van der Waals surface area contributed by atoms with Gasteiger partial charge in [0.25, 0.3) is 23.6 Å². The third kappa shape index (κ3) is 23.2. The summed E-state index contributed by atoms with van der Waals surface area (Å²) >= 11 is 12.4. The van der Waals surface area contributed by atoms with Crippen molar-refractivity contribution in [3.05, 3.63) is 221 Å². The molecule has 5 amide bonds. The molecule has 0 radical (unpaired) electrons. The number of hydrogen-bond acceptors (Lipinski definition) is 23. The van der Waals surface area contributed by atoms with Gasteiger partial charge in [-0.3, -0.25) is 42.9 Å². The maximum absolute atomic E-state index is 13.8. The number of likely N-dealkylation sites (tertiary alicyclic amines) is 4. The van der Waals surface area contributed by atoms with Crippen molar-refractivity contribution in [1.29, 1.82) is 0 Å². The molecule has 12 aromatic rings. The third-order valence-electron chi connectivity index (χ3n) is 27.8. The zero-order valence-corrected chi connectivity index (χ0v) is 86.9. The van der Waals surface area contributed by atoms with Gasteiger partial charge in [0.2, 0.25) is 46.0 Å². The van der Waals surface area contributed by atoms with Gasteiger partial charge in [0, 0.05) is 145 Å². The molecule has 6 N–H and O–H groups in total. The Bertz CT molecular complexity index is 7450. The maximum Gasteiger partial charge on any atom is 0.256 e. The van der Waals surface area contributed by atoms with Crippen LogP contribution in [0, 0.1) is 66.2 Å². The summed E-state index contributed by atoms with van der Waals surface area (Å²) in [5.74, 6) is 2.16. The normalized spacial score (nSPS) is 20.3. The summed E-state index contributed by atoms with van der Waals surface area (Å²) in [7, 11) is -14.2. The highest BCUT2D eigenvalue weighted by atomic mass is 35.5. The molecule has 8 fully saturated rings. The van der Waals surface area contributed by atoms with Gasteiger partial charge in [-0.15, -0.1) is 0 Å². The van der Waals surface area contributed by atoms with Gasteiger partial charge in [-0.1, -0.05) is 48.7 Å². The van der Waals surface area contributed by atoms with Crippen molar-refractivity contribution in [2.75, 3.05) is 106 Å². The second-order valence-corrected chi connectivity index (χ2v) is 47.6. The number of piperidine rings is 4. The smallest absolute Gasteiger partial charge is 0.256 e. The van der Waals surface area contributed by atoms with E-state index in [1.807, 2.05) is 109 Å². The predicted molar refractivity (Wildman–Crippen MR) is 549 cm³/mol. The van der Waals surface area contributed by atoms with Crippen LogP contribution < -0.4 is 34.4 Å². The molecular weight excluding hydrogens is 1930 g/mol. The van der Waals surface area contributed by atoms with Gasteiger partial charge in [0.15, 0.2) is 22.6 Å². The minimum atomic E-state index is -3.60. The molecule has 2 saturated carbocycles. The number of anilines is 6. The van der Waals surface area contributed by atoms with E-state index in [0.29, 0.717) is 107 Å². The van der Waals surface area contributed by atoms with Crippen molar-refractivity contribution < 1.29 is 57.6 Å². The van der Waals surface area contributed by atoms with E-state index in [9.17, 15) is 57.6 Å². The van der Waals surface area contributed by atoms with Crippen LogP contribution >= 0.6 is 23.2 Å². The number of sulfonamides is 4. The highest BCUT2D eigenvalue weighted by Gasteiger charge is 2.41. The first-order valence-corrected chi connectivity index (χ1v) is 56.9. The van der Waals surface area contributed by atoms with Crippen LogP contribution in [-0.2, 0) is 44.9 Å². The molecule has 8 aliphatic rings. The van der Waals surface area contributed by atoms with Gasteiger partial charge in [-0.25, -0.2) is 71.7 Å². The largest absolute Gasteiger partial charge is 0.369 e. The Labute approximate surface area is 837 Å². The second kappa shape index (κ2) is 41.0. The standard InChI is InChI=1S/C26H32ClN7O4S.C25H31ClN6O3S.C25H31N5O3S.C24H29N5O3S/c1-15-12-32(14-19(15)24(28)35)25-16(2)13-34-23(29-25)11-21(30-34)22-6-4-5-9-33(22)26(36)18-10-17(27)7-8-20(18)31-39(3,37)38;1-16-9-11-30(15-16)23-12-17(2)32-24(27-23)14-21(28-32)22-6-4-5-10-31(22)25(33)19-13-18(26)7-8-20(19)29-36(3,34)35;1-15-11-19(21(12-16(15)2)28-34(4,32)33)25(31)29-10-6-5-7-23(29)22-14-24-26-20(18-8-9-18)13-17(3)30(24)27-22;1-15-7-10-19(27-33(3,31)32)18(12-15)24(30)28-11-5-4-6-22(28)21-14-23-25-20(17-8-9-17)13-16(2)29(23)26-21/h7-8,10-11,13,15,19,22,31H,4-6,9,12,14H2,1-3H3,(H2,28,35);7-8,12-14,16,22,29H,4-6,9-11,15H2,1-3H3;11-14,18,23,28H,5-10H2,1-4H3;7,10,12-14,17,22,27H,4-6,8-9,11H2,1-3H3/t15-,19-,22-;16-,22-;23-;22-/m0000/s1. The van der Waals surface area contributed by atoms with Gasteiger partial charge < -0.3 is 35.1 Å². The van der Waals surface area contributed by atoms with Gasteiger partial charge >= 0.3 is 0 Å². The van der Waals surface area contributed by atoms with Crippen molar-refractivity contribution in [3.63, 3.8) is 0 Å². The number of halogens is 2. The molecule has 6 aliphatic heterocycles. The highest BCUT2D eigenvalue weighted by molar-refractivity contribution is 7.92. The molecule has 2 aliphatic carbocycles. The van der Waals surface area contributed by atoms with E-state index in [1.54, 1.807) is 56.8 Å². The van der Waals surface area contributed by atoms with E-state index in [-0.39, 0.29) is 88.0 Å². The highest BCUT2D eigenvalue weighted by Crippen LogP contribution is 2.45. The fourth-order valence-electron chi connectivity index (χ4n) is 20.4. The first-order valence-electron chi connectivity index (χ1n) is 48.5. The van der Waals surface area contributed by atoms with Crippen LogP contribution in [0.4, 0.5) is 34.4 Å². The molecular formula is C100H123Cl2N23O13S4. The molecule has 6 saturated heterocycles. The molecule has 14 heterocycles. The number of nitrogens with zero attached hydrogens (tertiary/aromatic N) is 18. The number of benzene rings is 4. The predicted octanol–water partition coefficient (Wildman–Crippen LogP) is 15.5. The van der Waals surface area contributed by atoms with E-state index >= 15 is 0 Å². The van der Waals surface area contributed by atoms with Crippen molar-refractivity contribution in [3.8, 4) is 0 Å². The van der Waals surface area contributed by atoms with Gasteiger partial charge in [-0.2, -0.15) is 20.4 Å². The van der Waals surface area contributed by atoms with E-state index in [2.05, 4.69) is 53.8 Å². The van der Waals surface area contributed by atoms with E-state index in [4.69, 9.17) is 69.3 Å². The Morgan fingerprint density at radius 2 is 0.746 bits per heavy atom. The maximum atomic E-state index is 13.8. The number of rotatable bonds is 21. The second-order valence-electron chi connectivity index (χ2n) is 39.8. The quantitative estimate of drug-likeness (QED) is 0.0446. The summed E-state index contributed by atoms with van der Waals surface area (Å²) in [5.41, 5.74) is 23.0. The molecule has 0 spiro atoms. The molecule has 0 unspecified atom stereocenters. The monoisotopic (exact) mass is 2050 g/mol. The Morgan fingerprint density at radius 1 is 0.366 bits per heavy atom. The summed E-state index contributed by atoms with van der Waals surface area (Å²) in [6.07, 6.45) is 22.6. The first kappa shape index (κ1) is 101. The number of amides is 5. The minimum Gasteiger partial charge on any atom is -0.369 e. The van der Waals surface area contributed by atoms with Crippen LogP contribution in [0.25, 0.3) is 22.6 Å². The van der Waals surface area contributed by atoms with Crippen LogP contribution in [0.2, 0.25) is 10.0 Å². The zero-order chi connectivity index (χ0) is 101. The molecule has 0 bridgehead atoms. The van der Waals surface area contributed by atoms with E-state index in [1.165, 1.54) is 49.9 Å². The lowest BCUT2D eigenvalue weighted by Crippen LogP contribution is -2.39. The van der Waals surface area contributed by atoms with E-state index in [0.717, 1.165) is 212 Å². The number of primary amides is 1. The summed E-state index contributed by atoms with van der Waals surface area (Å²) < 4.78 is 113. The Morgan fingerprint density at radius 3 is 1.15 bits per heavy atom. The topological polar surface area (TPSA) is 436 Å². The van der Waals surface area contributed by atoms with E-state index < -0.39 is 40.1 Å². The molecule has 36 nitrogen and oxygen atoms in total. The Hall–Kier alpha value is -12.1. The van der Waals surface area contributed by atoms with Crippen LogP contribution in [0.3, 0.4) is 0 Å². The SMILES string of the molecule is Cc1cc(N2CC[C@H](C)C2)nc2cc([C@@H]3CCCCN3C(=O)c3cc(Cl)ccc3NS(C)(=O)=O)nn12.Cc1cc(NS(C)(=O)=O)c(C(=O)N2CCCC[C@H]2c2cc3nc(C4CC4)cc(C)n3n2)cc1C.Cc1ccc(NS(C)(=O)=O)c(C(=O)N2CCCC[C@H]2c2cc3nc(C4CC4)cc(C)n3n2)c1.Cc1cn2nc([C@@H]3CCCCN3C(=O)c3cc(Cl)ccc3NS(C)(=O)=O)cc2nc1N1C[C@H](C(N)=O)[C@@H](C)C1. The number of hydrogen-bond donors (Lipinski definition) is 5. The summed E-state index contributed by atoms with van der Waals surface area (Å²) in [6, 6.07) is 31.1. The zero-order valence-electron chi connectivity index (χ0n) is 82.2. The van der Waals surface area contributed by atoms with Crippen LogP contribution in [0.15, 0.2) is 115 Å². The van der Waals surface area contributed by atoms with Crippen LogP contribution in [0.1, 0.15) is 274 Å². The molecule has 142 heavy (non-hydrogen) atoms. The lowest BCUT2D eigenvalue weighted by Gasteiger charge is -2.35. The molecule has 4 aromatic carbocycles. The lowest BCUT2D eigenvalue weighted by atomic mass is 9.96. The van der Waals surface area contributed by atoms with Crippen molar-refractivity contribution in [2.45, 2.75) is 207 Å². The number of nitrogens with one attached hydrogen (secondary N) is 4. The number of aromatic nitrogens is 12. The van der Waals surface area contributed by atoms with Gasteiger partial charge in [0.05, 0.1) is 123 Å². The molecule has 8 aromatic heterocycles. The summed E-state index contributed by atoms with van der Waals surface area (Å²) in [5, 5.41) is 20.0. The fourth-order valence-corrected chi connectivity index (χ4v) is 23.0. The summed E-state index contributed by atoms with van der Waals surface area (Å²) in [4.78, 5) is 98.0. The molecule has 42 heteroatoms.